The quantitative estimate of drug-likeness (QED) is 0.837. The molecular weight excluding hydrogens is 304 g/mol. The second kappa shape index (κ2) is 7.06. The van der Waals surface area contributed by atoms with Crippen molar-refractivity contribution < 1.29 is 4.79 Å². The zero-order chi connectivity index (χ0) is 14.5. The van der Waals surface area contributed by atoms with Crippen molar-refractivity contribution in [3.63, 3.8) is 0 Å². The number of rotatable bonds is 6. The molecule has 0 bridgehead atoms. The lowest BCUT2D eigenvalue weighted by Crippen LogP contribution is -2.37. The van der Waals surface area contributed by atoms with Gasteiger partial charge >= 0.3 is 0 Å². The molecule has 19 heavy (non-hydrogen) atoms. The molecule has 0 spiro atoms. The van der Waals surface area contributed by atoms with Gasteiger partial charge in [-0.2, -0.15) is 0 Å². The van der Waals surface area contributed by atoms with E-state index in [1.54, 1.807) is 0 Å². The van der Waals surface area contributed by atoms with E-state index in [9.17, 15) is 4.79 Å². The van der Waals surface area contributed by atoms with Gasteiger partial charge in [0, 0.05) is 16.7 Å². The molecule has 0 saturated carbocycles. The summed E-state index contributed by atoms with van der Waals surface area (Å²) < 4.78 is 1.00. The molecule has 1 amide bonds. The summed E-state index contributed by atoms with van der Waals surface area (Å²) >= 11 is 3.36. The number of carbonyl (C=O) groups is 1. The van der Waals surface area contributed by atoms with Gasteiger partial charge in [0.05, 0.1) is 6.54 Å². The summed E-state index contributed by atoms with van der Waals surface area (Å²) in [5.41, 5.74) is 1.01. The molecule has 0 heterocycles. The molecule has 0 atom stereocenters. The minimum Gasteiger partial charge on any atom is -0.325 e. The van der Waals surface area contributed by atoms with Crippen LogP contribution < -0.4 is 10.6 Å². The van der Waals surface area contributed by atoms with Crippen molar-refractivity contribution in [2.45, 2.75) is 27.7 Å². The lowest BCUT2D eigenvalue weighted by Gasteiger charge is -2.29. The maximum atomic E-state index is 11.8. The Labute approximate surface area is 124 Å². The first-order valence-electron chi connectivity index (χ1n) is 6.57. The van der Waals surface area contributed by atoms with Crippen molar-refractivity contribution in [3.8, 4) is 0 Å². The molecule has 4 heteroatoms. The second-order valence-corrected chi connectivity index (χ2v) is 6.72. The Balaban J connectivity index is 2.34. The molecule has 0 aliphatic heterocycles. The van der Waals surface area contributed by atoms with Crippen molar-refractivity contribution >= 4 is 27.5 Å². The third-order valence-corrected chi connectivity index (χ3v) is 4.09. The molecule has 1 aromatic rings. The Kier molecular flexibility index (Phi) is 6.01. The average Bonchev–Trinajstić information content (AvgIpc) is 2.31. The minimum atomic E-state index is -0.0121. The smallest absolute Gasteiger partial charge is 0.238 e. The van der Waals surface area contributed by atoms with Crippen LogP contribution in [0.1, 0.15) is 27.7 Å². The predicted molar refractivity (Wildman–Crippen MR) is 84.3 cm³/mol. The largest absolute Gasteiger partial charge is 0.325 e. The SMILES string of the molecule is CC(C)C(C)(C)CNCC(=O)Nc1ccc(Br)cc1. The molecule has 1 rings (SSSR count). The Morgan fingerprint density at radius 2 is 1.84 bits per heavy atom. The van der Waals surface area contributed by atoms with Gasteiger partial charge in [-0.05, 0) is 35.6 Å². The van der Waals surface area contributed by atoms with E-state index in [1.165, 1.54) is 0 Å². The number of nitrogens with one attached hydrogen (secondary N) is 2. The number of hydrogen-bond acceptors (Lipinski definition) is 2. The van der Waals surface area contributed by atoms with Crippen LogP contribution in [-0.2, 0) is 4.79 Å². The van der Waals surface area contributed by atoms with E-state index in [-0.39, 0.29) is 11.3 Å². The number of hydrogen-bond donors (Lipinski definition) is 2. The molecule has 0 unspecified atom stereocenters. The van der Waals surface area contributed by atoms with E-state index in [4.69, 9.17) is 0 Å². The zero-order valence-corrected chi connectivity index (χ0v) is 13.7. The van der Waals surface area contributed by atoms with Crippen LogP contribution in [0.2, 0.25) is 0 Å². The standard InChI is InChI=1S/C15H23BrN2O/c1-11(2)15(3,4)10-17-9-14(19)18-13-7-5-12(16)6-8-13/h5-8,11,17H,9-10H2,1-4H3,(H,18,19). The topological polar surface area (TPSA) is 41.1 Å². The van der Waals surface area contributed by atoms with E-state index in [0.29, 0.717) is 12.5 Å². The fraction of sp³-hybridized carbons (Fsp3) is 0.533. The maximum Gasteiger partial charge on any atom is 0.238 e. The summed E-state index contributed by atoms with van der Waals surface area (Å²) in [6.07, 6.45) is 0. The highest BCUT2D eigenvalue weighted by Gasteiger charge is 2.21. The third kappa shape index (κ3) is 5.74. The van der Waals surface area contributed by atoms with Gasteiger partial charge in [-0.15, -0.1) is 0 Å². The number of halogens is 1. The number of carbonyl (C=O) groups excluding carboxylic acids is 1. The highest BCUT2D eigenvalue weighted by molar-refractivity contribution is 9.10. The number of benzene rings is 1. The first kappa shape index (κ1) is 16.2. The molecule has 0 fully saturated rings. The summed E-state index contributed by atoms with van der Waals surface area (Å²) in [6.45, 7) is 9.98. The van der Waals surface area contributed by atoms with Gasteiger partial charge in [-0.25, -0.2) is 0 Å². The van der Waals surface area contributed by atoms with Crippen LogP contribution in [0.3, 0.4) is 0 Å². The molecule has 2 N–H and O–H groups in total. The summed E-state index contributed by atoms with van der Waals surface area (Å²) in [5.74, 6) is 0.566. The molecule has 0 aliphatic carbocycles. The Hall–Kier alpha value is -0.870. The van der Waals surface area contributed by atoms with E-state index >= 15 is 0 Å². The van der Waals surface area contributed by atoms with Gasteiger partial charge in [0.1, 0.15) is 0 Å². The molecule has 0 aromatic heterocycles. The second-order valence-electron chi connectivity index (χ2n) is 5.80. The van der Waals surface area contributed by atoms with Gasteiger partial charge in [0.2, 0.25) is 5.91 Å². The first-order chi connectivity index (χ1) is 8.81. The maximum absolute atomic E-state index is 11.8. The summed E-state index contributed by atoms with van der Waals surface area (Å²) in [6, 6.07) is 7.57. The monoisotopic (exact) mass is 326 g/mol. The highest BCUT2D eigenvalue weighted by atomic mass is 79.9. The Morgan fingerprint density at radius 3 is 2.37 bits per heavy atom. The van der Waals surface area contributed by atoms with Gasteiger partial charge < -0.3 is 10.6 Å². The predicted octanol–water partition coefficient (Wildman–Crippen LogP) is 3.66. The summed E-state index contributed by atoms with van der Waals surface area (Å²) in [4.78, 5) is 11.8. The fourth-order valence-corrected chi connectivity index (χ4v) is 1.71. The molecule has 0 saturated heterocycles. The van der Waals surface area contributed by atoms with Crippen LogP contribution in [0.4, 0.5) is 5.69 Å². The number of amides is 1. The Bertz CT molecular complexity index is 413. The van der Waals surface area contributed by atoms with Crippen molar-refractivity contribution in [1.82, 2.24) is 5.32 Å². The first-order valence-corrected chi connectivity index (χ1v) is 7.37. The van der Waals surface area contributed by atoms with Gasteiger partial charge in [0.25, 0.3) is 0 Å². The molecule has 0 radical (unpaired) electrons. The molecular formula is C15H23BrN2O. The van der Waals surface area contributed by atoms with E-state index in [2.05, 4.69) is 54.3 Å². The third-order valence-electron chi connectivity index (χ3n) is 3.56. The van der Waals surface area contributed by atoms with Crippen LogP contribution in [0.15, 0.2) is 28.7 Å². The van der Waals surface area contributed by atoms with E-state index in [1.807, 2.05) is 24.3 Å². The van der Waals surface area contributed by atoms with Gasteiger partial charge in [-0.1, -0.05) is 43.6 Å². The highest BCUT2D eigenvalue weighted by Crippen LogP contribution is 2.24. The van der Waals surface area contributed by atoms with Crippen LogP contribution in [0.5, 0.6) is 0 Å². The molecule has 3 nitrogen and oxygen atoms in total. The van der Waals surface area contributed by atoms with Crippen LogP contribution in [-0.4, -0.2) is 19.0 Å². The van der Waals surface area contributed by atoms with Crippen molar-refractivity contribution in [1.29, 1.82) is 0 Å². The van der Waals surface area contributed by atoms with E-state index < -0.39 is 0 Å². The van der Waals surface area contributed by atoms with E-state index in [0.717, 1.165) is 16.7 Å². The van der Waals surface area contributed by atoms with Crippen molar-refractivity contribution in [3.05, 3.63) is 28.7 Å². The van der Waals surface area contributed by atoms with Crippen LogP contribution >= 0.6 is 15.9 Å². The zero-order valence-electron chi connectivity index (χ0n) is 12.1. The Morgan fingerprint density at radius 1 is 1.26 bits per heavy atom. The lowest BCUT2D eigenvalue weighted by atomic mass is 9.81. The molecule has 0 aliphatic rings. The molecule has 1 aromatic carbocycles. The van der Waals surface area contributed by atoms with Gasteiger partial charge in [0.15, 0.2) is 0 Å². The lowest BCUT2D eigenvalue weighted by molar-refractivity contribution is -0.115. The van der Waals surface area contributed by atoms with Crippen LogP contribution in [0, 0.1) is 11.3 Å². The number of anilines is 1. The van der Waals surface area contributed by atoms with Crippen molar-refractivity contribution in [2.24, 2.45) is 11.3 Å². The van der Waals surface area contributed by atoms with Crippen LogP contribution in [0.25, 0.3) is 0 Å². The fourth-order valence-electron chi connectivity index (χ4n) is 1.44. The van der Waals surface area contributed by atoms with Gasteiger partial charge in [-0.3, -0.25) is 4.79 Å². The summed E-state index contributed by atoms with van der Waals surface area (Å²) in [5, 5.41) is 6.08. The molecule has 106 valence electrons. The van der Waals surface area contributed by atoms with Crippen molar-refractivity contribution in [2.75, 3.05) is 18.4 Å². The average molecular weight is 327 g/mol. The summed E-state index contributed by atoms with van der Waals surface area (Å²) in [7, 11) is 0. The minimum absolute atomic E-state index is 0.0121. The normalized spacial score (nSPS) is 11.7.